The molecule has 0 amide bonds. The molecular weight excluding hydrogens is 394 g/mol. The smallest absolute Gasteiger partial charge is 0.250 e. The van der Waals surface area contributed by atoms with Crippen LogP contribution in [0.25, 0.3) is 0 Å². The Labute approximate surface area is 180 Å². The minimum atomic E-state index is -0.203. The van der Waals surface area contributed by atoms with Crippen molar-refractivity contribution in [3.63, 3.8) is 0 Å². The summed E-state index contributed by atoms with van der Waals surface area (Å²) in [5.41, 5.74) is 4.67. The standard InChI is InChI=1S/C22H25N7O2/c1-22(2,3)28-20-25-19(23-12-15-7-5-4-6-8-15)26-21(27-20)29-24-13-16-9-10-17-18(11-16)31-14-30-17/h4-11,13H,12,14H2,1-3H3,(H3,23,25,26,27,28,29)/b24-13+. The summed E-state index contributed by atoms with van der Waals surface area (Å²) < 4.78 is 10.7. The van der Waals surface area contributed by atoms with Gasteiger partial charge in [0.25, 0.3) is 0 Å². The average Bonchev–Trinajstić information content (AvgIpc) is 3.20. The number of hydrogen-bond donors (Lipinski definition) is 3. The third-order valence-corrected chi connectivity index (χ3v) is 4.19. The monoisotopic (exact) mass is 419 g/mol. The summed E-state index contributed by atoms with van der Waals surface area (Å²) in [6.07, 6.45) is 1.67. The Bertz CT molecular complexity index is 1070. The molecule has 4 rings (SSSR count). The number of rotatable bonds is 7. The van der Waals surface area contributed by atoms with Crippen molar-refractivity contribution >= 4 is 24.1 Å². The molecule has 0 saturated heterocycles. The highest BCUT2D eigenvalue weighted by molar-refractivity contribution is 5.81. The highest BCUT2D eigenvalue weighted by Crippen LogP contribution is 2.32. The second kappa shape index (κ2) is 8.86. The quantitative estimate of drug-likeness (QED) is 0.392. The molecule has 3 aromatic rings. The Morgan fingerprint density at radius 3 is 2.48 bits per heavy atom. The van der Waals surface area contributed by atoms with Crippen LogP contribution >= 0.6 is 0 Å². The maximum Gasteiger partial charge on any atom is 0.250 e. The number of hydrazone groups is 1. The van der Waals surface area contributed by atoms with Crippen molar-refractivity contribution in [2.45, 2.75) is 32.9 Å². The normalized spacial score (nSPS) is 12.7. The van der Waals surface area contributed by atoms with Gasteiger partial charge in [0.1, 0.15) is 0 Å². The Morgan fingerprint density at radius 2 is 1.68 bits per heavy atom. The van der Waals surface area contributed by atoms with Gasteiger partial charge in [-0.1, -0.05) is 30.3 Å². The second-order valence-electron chi connectivity index (χ2n) is 8.00. The van der Waals surface area contributed by atoms with Gasteiger partial charge in [-0.3, -0.25) is 0 Å². The number of fused-ring (bicyclic) bond motifs is 1. The van der Waals surface area contributed by atoms with Crippen LogP contribution in [-0.2, 0) is 6.54 Å². The van der Waals surface area contributed by atoms with Crippen LogP contribution in [0.15, 0.2) is 53.6 Å². The van der Waals surface area contributed by atoms with Gasteiger partial charge in [0.2, 0.25) is 24.6 Å². The summed E-state index contributed by atoms with van der Waals surface area (Å²) in [5, 5.41) is 10.8. The fourth-order valence-electron chi connectivity index (χ4n) is 2.83. The van der Waals surface area contributed by atoms with Crippen LogP contribution in [0, 0.1) is 0 Å². The minimum absolute atomic E-state index is 0.203. The SMILES string of the molecule is CC(C)(C)Nc1nc(NCc2ccccc2)nc(N/N=C/c2ccc3c(c2)OCO3)n1. The number of nitrogens with one attached hydrogen (secondary N) is 3. The molecule has 0 spiro atoms. The van der Waals surface area contributed by atoms with E-state index >= 15 is 0 Å². The number of aromatic nitrogens is 3. The summed E-state index contributed by atoms with van der Waals surface area (Å²) in [6, 6.07) is 15.7. The van der Waals surface area contributed by atoms with Gasteiger partial charge in [0, 0.05) is 12.1 Å². The first kappa shape index (κ1) is 20.4. The van der Waals surface area contributed by atoms with Gasteiger partial charge >= 0.3 is 0 Å². The summed E-state index contributed by atoms with van der Waals surface area (Å²) in [7, 11) is 0. The largest absolute Gasteiger partial charge is 0.454 e. The Balaban J connectivity index is 1.48. The molecular formula is C22H25N7O2. The highest BCUT2D eigenvalue weighted by Gasteiger charge is 2.14. The lowest BCUT2D eigenvalue weighted by Crippen LogP contribution is -2.28. The molecule has 9 nitrogen and oxygen atoms in total. The number of ether oxygens (including phenoxy) is 2. The highest BCUT2D eigenvalue weighted by atomic mass is 16.7. The molecule has 0 atom stereocenters. The van der Waals surface area contributed by atoms with Crippen LogP contribution in [0.4, 0.5) is 17.8 Å². The second-order valence-corrected chi connectivity index (χ2v) is 8.00. The molecule has 0 bridgehead atoms. The number of hydrogen-bond acceptors (Lipinski definition) is 9. The van der Waals surface area contributed by atoms with Gasteiger partial charge in [-0.05, 0) is 50.1 Å². The lowest BCUT2D eigenvalue weighted by atomic mass is 10.1. The van der Waals surface area contributed by atoms with E-state index in [2.05, 4.69) is 36.1 Å². The van der Waals surface area contributed by atoms with E-state index in [1.807, 2.05) is 69.3 Å². The molecule has 2 heterocycles. The van der Waals surface area contributed by atoms with Crippen LogP contribution in [0.2, 0.25) is 0 Å². The molecule has 0 aliphatic carbocycles. The molecule has 0 radical (unpaired) electrons. The summed E-state index contributed by atoms with van der Waals surface area (Å²) in [5.74, 6) is 2.67. The van der Waals surface area contributed by atoms with Crippen LogP contribution in [0.1, 0.15) is 31.9 Å². The van der Waals surface area contributed by atoms with E-state index in [9.17, 15) is 0 Å². The zero-order valence-electron chi connectivity index (χ0n) is 17.7. The number of nitrogens with zero attached hydrogens (tertiary/aromatic N) is 4. The molecule has 0 fully saturated rings. The molecule has 160 valence electrons. The molecule has 0 saturated carbocycles. The Hall–Kier alpha value is -3.88. The molecule has 31 heavy (non-hydrogen) atoms. The van der Waals surface area contributed by atoms with Crippen LogP contribution in [-0.4, -0.2) is 33.5 Å². The lowest BCUT2D eigenvalue weighted by molar-refractivity contribution is 0.174. The van der Waals surface area contributed by atoms with Crippen LogP contribution < -0.4 is 25.5 Å². The van der Waals surface area contributed by atoms with E-state index in [-0.39, 0.29) is 12.3 Å². The third-order valence-electron chi connectivity index (χ3n) is 4.19. The van der Waals surface area contributed by atoms with E-state index in [4.69, 9.17) is 9.47 Å². The first-order valence-electron chi connectivity index (χ1n) is 9.95. The Kier molecular flexibility index (Phi) is 5.83. The van der Waals surface area contributed by atoms with Gasteiger partial charge in [0.15, 0.2) is 11.5 Å². The van der Waals surface area contributed by atoms with Gasteiger partial charge in [-0.15, -0.1) is 0 Å². The van der Waals surface area contributed by atoms with Gasteiger partial charge < -0.3 is 20.1 Å². The maximum atomic E-state index is 5.39. The molecule has 0 unspecified atom stereocenters. The van der Waals surface area contributed by atoms with Crippen LogP contribution in [0.5, 0.6) is 11.5 Å². The summed E-state index contributed by atoms with van der Waals surface area (Å²) in [6.45, 7) is 6.96. The molecule has 1 aliphatic rings. The van der Waals surface area contributed by atoms with Crippen LogP contribution in [0.3, 0.4) is 0 Å². The van der Waals surface area contributed by atoms with Crippen molar-refractivity contribution in [3.05, 3.63) is 59.7 Å². The van der Waals surface area contributed by atoms with E-state index in [0.717, 1.165) is 16.9 Å². The number of benzene rings is 2. The zero-order valence-corrected chi connectivity index (χ0v) is 17.7. The first-order chi connectivity index (χ1) is 14.9. The van der Waals surface area contributed by atoms with E-state index < -0.39 is 0 Å². The Morgan fingerprint density at radius 1 is 0.935 bits per heavy atom. The topological polar surface area (TPSA) is 106 Å². The van der Waals surface area contributed by atoms with Crippen molar-refractivity contribution in [1.82, 2.24) is 15.0 Å². The van der Waals surface area contributed by atoms with Gasteiger partial charge in [0.05, 0.1) is 6.21 Å². The lowest BCUT2D eigenvalue weighted by Gasteiger charge is -2.20. The number of anilines is 3. The molecule has 9 heteroatoms. The molecule has 1 aliphatic heterocycles. The maximum absolute atomic E-state index is 5.39. The minimum Gasteiger partial charge on any atom is -0.454 e. The molecule has 3 N–H and O–H groups in total. The van der Waals surface area contributed by atoms with E-state index in [1.165, 1.54) is 0 Å². The van der Waals surface area contributed by atoms with E-state index in [1.54, 1.807) is 6.21 Å². The van der Waals surface area contributed by atoms with Crippen molar-refractivity contribution in [1.29, 1.82) is 0 Å². The zero-order chi connectivity index (χ0) is 21.7. The predicted octanol–water partition coefficient (Wildman–Crippen LogP) is 3.87. The van der Waals surface area contributed by atoms with Crippen molar-refractivity contribution in [3.8, 4) is 11.5 Å². The van der Waals surface area contributed by atoms with Crippen molar-refractivity contribution in [2.24, 2.45) is 5.10 Å². The predicted molar refractivity (Wildman–Crippen MR) is 121 cm³/mol. The fraction of sp³-hybridized carbons (Fsp3) is 0.273. The van der Waals surface area contributed by atoms with Gasteiger partial charge in [-0.2, -0.15) is 20.1 Å². The summed E-state index contributed by atoms with van der Waals surface area (Å²) in [4.78, 5) is 13.3. The van der Waals surface area contributed by atoms with Crippen molar-refractivity contribution in [2.75, 3.05) is 22.9 Å². The van der Waals surface area contributed by atoms with Crippen molar-refractivity contribution < 1.29 is 9.47 Å². The third kappa shape index (κ3) is 5.81. The fourth-order valence-corrected chi connectivity index (χ4v) is 2.83. The molecule has 2 aromatic carbocycles. The average molecular weight is 419 g/mol. The van der Waals surface area contributed by atoms with Gasteiger partial charge in [-0.25, -0.2) is 5.43 Å². The van der Waals surface area contributed by atoms with E-state index in [0.29, 0.717) is 30.1 Å². The molecule has 1 aromatic heterocycles. The summed E-state index contributed by atoms with van der Waals surface area (Å²) >= 11 is 0. The first-order valence-corrected chi connectivity index (χ1v) is 9.95.